The standard InChI is InChI=1S/C24H22ClN3O2/c1-15-5-8-21(9-6-15)28-16(2)11-18(17(28)3)12-19(14-26)24(29)27-22-13-20(25)7-10-23(22)30-4/h5-13H,1-4H3,(H,27,29)/b19-12+. The van der Waals surface area contributed by atoms with Gasteiger partial charge >= 0.3 is 0 Å². The van der Waals surface area contributed by atoms with Crippen molar-refractivity contribution in [2.45, 2.75) is 20.8 Å². The van der Waals surface area contributed by atoms with Crippen LogP contribution < -0.4 is 10.1 Å². The fourth-order valence-corrected chi connectivity index (χ4v) is 3.47. The number of rotatable bonds is 5. The van der Waals surface area contributed by atoms with Gasteiger partial charge in [0.25, 0.3) is 5.91 Å². The van der Waals surface area contributed by atoms with Gasteiger partial charge in [-0.2, -0.15) is 5.26 Å². The number of aryl methyl sites for hydroxylation is 2. The summed E-state index contributed by atoms with van der Waals surface area (Å²) in [6, 6.07) is 17.0. The summed E-state index contributed by atoms with van der Waals surface area (Å²) in [5, 5.41) is 12.7. The van der Waals surface area contributed by atoms with Gasteiger partial charge in [0.05, 0.1) is 12.8 Å². The molecule has 3 rings (SSSR count). The lowest BCUT2D eigenvalue weighted by atomic mass is 10.1. The highest BCUT2D eigenvalue weighted by Crippen LogP contribution is 2.28. The second-order valence-electron chi connectivity index (χ2n) is 6.97. The number of ether oxygens (including phenoxy) is 1. The summed E-state index contributed by atoms with van der Waals surface area (Å²) >= 11 is 6.02. The summed E-state index contributed by atoms with van der Waals surface area (Å²) in [6.45, 7) is 6.00. The van der Waals surface area contributed by atoms with Crippen molar-refractivity contribution in [2.75, 3.05) is 12.4 Å². The molecule has 152 valence electrons. The molecule has 0 aliphatic rings. The zero-order chi connectivity index (χ0) is 21.8. The lowest BCUT2D eigenvalue weighted by Crippen LogP contribution is -2.14. The number of anilines is 1. The van der Waals surface area contributed by atoms with Crippen LogP contribution >= 0.6 is 11.6 Å². The number of hydrogen-bond acceptors (Lipinski definition) is 3. The van der Waals surface area contributed by atoms with Crippen molar-refractivity contribution in [1.29, 1.82) is 5.26 Å². The molecule has 1 aromatic heterocycles. The summed E-state index contributed by atoms with van der Waals surface area (Å²) in [4.78, 5) is 12.7. The van der Waals surface area contributed by atoms with Crippen LogP contribution in [0.5, 0.6) is 5.75 Å². The molecule has 0 saturated carbocycles. The summed E-state index contributed by atoms with van der Waals surface area (Å²) < 4.78 is 7.34. The van der Waals surface area contributed by atoms with Crippen LogP contribution in [-0.2, 0) is 4.79 Å². The fraction of sp³-hybridized carbons (Fsp3) is 0.167. The van der Waals surface area contributed by atoms with Crippen molar-refractivity contribution in [3.63, 3.8) is 0 Å². The van der Waals surface area contributed by atoms with Crippen LogP contribution in [0.1, 0.15) is 22.5 Å². The number of hydrogen-bond donors (Lipinski definition) is 1. The molecular weight excluding hydrogens is 398 g/mol. The van der Waals surface area contributed by atoms with Crippen molar-refractivity contribution in [1.82, 2.24) is 4.57 Å². The molecule has 0 bridgehead atoms. The van der Waals surface area contributed by atoms with E-state index in [0.717, 1.165) is 22.6 Å². The third-order valence-corrected chi connectivity index (χ3v) is 5.07. The first-order valence-electron chi connectivity index (χ1n) is 9.36. The van der Waals surface area contributed by atoms with Crippen molar-refractivity contribution < 1.29 is 9.53 Å². The number of carbonyl (C=O) groups is 1. The zero-order valence-corrected chi connectivity index (χ0v) is 18.0. The lowest BCUT2D eigenvalue weighted by molar-refractivity contribution is -0.112. The Morgan fingerprint density at radius 1 is 1.13 bits per heavy atom. The Hall–Kier alpha value is -3.49. The van der Waals surface area contributed by atoms with E-state index in [9.17, 15) is 10.1 Å². The van der Waals surface area contributed by atoms with Crippen LogP contribution in [0.25, 0.3) is 11.8 Å². The van der Waals surface area contributed by atoms with Crippen LogP contribution in [0.3, 0.4) is 0 Å². The number of amides is 1. The van der Waals surface area contributed by atoms with Gasteiger partial charge in [-0.25, -0.2) is 0 Å². The van der Waals surface area contributed by atoms with Gasteiger partial charge in [-0.15, -0.1) is 0 Å². The molecule has 0 aliphatic carbocycles. The molecule has 1 heterocycles. The van der Waals surface area contributed by atoms with Crippen LogP contribution in [0, 0.1) is 32.1 Å². The first-order chi connectivity index (χ1) is 14.3. The number of nitriles is 1. The van der Waals surface area contributed by atoms with Gasteiger partial charge in [0.2, 0.25) is 0 Å². The number of carbonyl (C=O) groups excluding carboxylic acids is 1. The van der Waals surface area contributed by atoms with Crippen LogP contribution in [0.4, 0.5) is 5.69 Å². The zero-order valence-electron chi connectivity index (χ0n) is 17.3. The molecule has 0 unspecified atom stereocenters. The minimum atomic E-state index is -0.529. The van der Waals surface area contributed by atoms with E-state index >= 15 is 0 Å². The Bertz CT molecular complexity index is 1170. The predicted octanol–water partition coefficient (Wildman–Crippen LogP) is 5.61. The van der Waals surface area contributed by atoms with E-state index in [1.54, 1.807) is 24.3 Å². The number of nitrogens with zero attached hydrogens (tertiary/aromatic N) is 2. The van der Waals surface area contributed by atoms with Gasteiger partial charge < -0.3 is 14.6 Å². The molecule has 30 heavy (non-hydrogen) atoms. The number of nitrogens with one attached hydrogen (secondary N) is 1. The fourth-order valence-electron chi connectivity index (χ4n) is 3.30. The molecule has 0 radical (unpaired) electrons. The summed E-state index contributed by atoms with van der Waals surface area (Å²) in [7, 11) is 1.50. The second kappa shape index (κ2) is 8.89. The van der Waals surface area contributed by atoms with E-state index in [-0.39, 0.29) is 5.57 Å². The molecule has 6 heteroatoms. The van der Waals surface area contributed by atoms with E-state index < -0.39 is 5.91 Å². The van der Waals surface area contributed by atoms with Gasteiger partial charge in [0.15, 0.2) is 0 Å². The molecule has 2 aromatic carbocycles. The Balaban J connectivity index is 1.94. The monoisotopic (exact) mass is 419 g/mol. The van der Waals surface area contributed by atoms with Gasteiger partial charge in [-0.1, -0.05) is 29.3 Å². The highest BCUT2D eigenvalue weighted by molar-refractivity contribution is 6.31. The number of benzene rings is 2. The van der Waals surface area contributed by atoms with E-state index in [2.05, 4.69) is 22.0 Å². The molecule has 0 aliphatic heterocycles. The summed E-state index contributed by atoms with van der Waals surface area (Å²) in [6.07, 6.45) is 1.60. The van der Waals surface area contributed by atoms with Crippen LogP contribution in [0.2, 0.25) is 5.02 Å². The quantitative estimate of drug-likeness (QED) is 0.431. The average Bonchev–Trinajstić information content (AvgIpc) is 3.00. The number of aromatic nitrogens is 1. The molecule has 0 saturated heterocycles. The molecule has 1 amide bonds. The summed E-state index contributed by atoms with van der Waals surface area (Å²) in [5.74, 6) is -0.0687. The number of methoxy groups -OCH3 is 1. The molecule has 0 atom stereocenters. The molecule has 0 fully saturated rings. The predicted molar refractivity (Wildman–Crippen MR) is 120 cm³/mol. The first kappa shape index (κ1) is 21.2. The van der Waals surface area contributed by atoms with Crippen LogP contribution in [0.15, 0.2) is 54.1 Å². The highest BCUT2D eigenvalue weighted by atomic mass is 35.5. The molecule has 0 spiro atoms. The minimum absolute atomic E-state index is 0.0128. The van der Waals surface area contributed by atoms with Gasteiger partial charge in [0.1, 0.15) is 17.4 Å². The normalized spacial score (nSPS) is 11.1. The third-order valence-electron chi connectivity index (χ3n) is 4.84. The lowest BCUT2D eigenvalue weighted by Gasteiger charge is -2.11. The maximum atomic E-state index is 12.7. The van der Waals surface area contributed by atoms with Crippen molar-refractivity contribution >= 4 is 29.3 Å². The van der Waals surface area contributed by atoms with Gasteiger partial charge in [-0.05, 0) is 68.8 Å². The van der Waals surface area contributed by atoms with Crippen molar-refractivity contribution in [3.05, 3.63) is 81.6 Å². The van der Waals surface area contributed by atoms with Crippen molar-refractivity contribution in [2.24, 2.45) is 0 Å². The minimum Gasteiger partial charge on any atom is -0.495 e. The van der Waals surface area contributed by atoms with E-state index in [1.165, 1.54) is 12.7 Å². The summed E-state index contributed by atoms with van der Waals surface area (Å²) in [5.41, 5.74) is 5.36. The maximum absolute atomic E-state index is 12.7. The Kier molecular flexibility index (Phi) is 6.29. The average molecular weight is 420 g/mol. The molecule has 1 N–H and O–H groups in total. The first-order valence-corrected chi connectivity index (χ1v) is 9.74. The molecule has 3 aromatic rings. The van der Waals surface area contributed by atoms with E-state index in [0.29, 0.717) is 16.5 Å². The second-order valence-corrected chi connectivity index (χ2v) is 7.40. The third kappa shape index (κ3) is 4.40. The van der Waals surface area contributed by atoms with E-state index in [1.807, 2.05) is 45.0 Å². The molecule has 5 nitrogen and oxygen atoms in total. The Morgan fingerprint density at radius 2 is 1.83 bits per heavy atom. The SMILES string of the molecule is COc1ccc(Cl)cc1NC(=O)/C(C#N)=C/c1cc(C)n(-c2ccc(C)cc2)c1C. The smallest absolute Gasteiger partial charge is 0.266 e. The van der Waals surface area contributed by atoms with Gasteiger partial charge in [0, 0.05) is 22.1 Å². The Morgan fingerprint density at radius 3 is 2.47 bits per heavy atom. The van der Waals surface area contributed by atoms with E-state index in [4.69, 9.17) is 16.3 Å². The van der Waals surface area contributed by atoms with Gasteiger partial charge in [-0.3, -0.25) is 4.79 Å². The number of halogens is 1. The topological polar surface area (TPSA) is 67.0 Å². The highest BCUT2D eigenvalue weighted by Gasteiger charge is 2.15. The molecular formula is C24H22ClN3O2. The largest absolute Gasteiger partial charge is 0.495 e. The maximum Gasteiger partial charge on any atom is 0.266 e. The van der Waals surface area contributed by atoms with Crippen LogP contribution in [-0.4, -0.2) is 17.6 Å². The van der Waals surface area contributed by atoms with Crippen molar-refractivity contribution in [3.8, 4) is 17.5 Å². The Labute approximate surface area is 181 Å².